The van der Waals surface area contributed by atoms with E-state index in [4.69, 9.17) is 0 Å². The van der Waals surface area contributed by atoms with Crippen molar-refractivity contribution in [3.05, 3.63) is 17.5 Å². The third kappa shape index (κ3) is 2.91. The van der Waals surface area contributed by atoms with Gasteiger partial charge in [-0.1, -0.05) is 6.92 Å². The van der Waals surface area contributed by atoms with Gasteiger partial charge in [0.1, 0.15) is 0 Å². The van der Waals surface area contributed by atoms with Crippen molar-refractivity contribution >= 4 is 0 Å². The van der Waals surface area contributed by atoms with Crippen molar-refractivity contribution in [1.82, 2.24) is 20.0 Å². The van der Waals surface area contributed by atoms with Gasteiger partial charge in [0.15, 0.2) is 0 Å². The number of aryl methyl sites for hydroxylation is 1. The first-order chi connectivity index (χ1) is 9.78. The first-order valence-electron chi connectivity index (χ1n) is 8.27. The summed E-state index contributed by atoms with van der Waals surface area (Å²) in [6.07, 6.45) is 9.71. The van der Waals surface area contributed by atoms with Gasteiger partial charge in [-0.3, -0.25) is 4.68 Å². The van der Waals surface area contributed by atoms with Crippen molar-refractivity contribution < 1.29 is 0 Å². The smallest absolute Gasteiger partial charge is 0.0540 e. The summed E-state index contributed by atoms with van der Waals surface area (Å²) in [4.78, 5) is 2.61. The van der Waals surface area contributed by atoms with Gasteiger partial charge in [-0.05, 0) is 58.2 Å². The lowest BCUT2D eigenvalue weighted by Gasteiger charge is -2.35. The number of hydrogen-bond donors (Lipinski definition) is 1. The van der Waals surface area contributed by atoms with Crippen LogP contribution >= 0.6 is 0 Å². The van der Waals surface area contributed by atoms with Crippen molar-refractivity contribution in [1.29, 1.82) is 0 Å². The maximum Gasteiger partial charge on any atom is 0.0540 e. The lowest BCUT2D eigenvalue weighted by atomic mass is 9.91. The molecule has 0 aromatic carbocycles. The molecular formula is C16H28N4. The predicted octanol–water partition coefficient (Wildman–Crippen LogP) is 2.26. The van der Waals surface area contributed by atoms with Crippen LogP contribution in [0.1, 0.15) is 56.3 Å². The minimum atomic E-state index is 0.537. The largest absolute Gasteiger partial charge is 0.307 e. The zero-order chi connectivity index (χ0) is 13.9. The van der Waals surface area contributed by atoms with Crippen molar-refractivity contribution in [3.63, 3.8) is 0 Å². The lowest BCUT2D eigenvalue weighted by molar-refractivity contribution is 0.188. The molecule has 1 aromatic rings. The maximum atomic E-state index is 4.45. The van der Waals surface area contributed by atoms with E-state index < -0.39 is 0 Å². The van der Waals surface area contributed by atoms with Gasteiger partial charge in [-0.2, -0.15) is 5.10 Å². The van der Waals surface area contributed by atoms with Crippen LogP contribution in [0.4, 0.5) is 0 Å². The third-order valence-electron chi connectivity index (χ3n) is 4.94. The summed E-state index contributed by atoms with van der Waals surface area (Å²) in [5, 5.41) is 8.36. The summed E-state index contributed by atoms with van der Waals surface area (Å²) in [5.41, 5.74) is 2.90. The Balaban J connectivity index is 1.57. The van der Waals surface area contributed by atoms with Crippen LogP contribution < -0.4 is 5.32 Å². The zero-order valence-corrected chi connectivity index (χ0v) is 12.9. The van der Waals surface area contributed by atoms with Crippen LogP contribution in [0.3, 0.4) is 0 Å². The average molecular weight is 276 g/mol. The van der Waals surface area contributed by atoms with Crippen molar-refractivity contribution in [2.24, 2.45) is 7.05 Å². The number of hydrogen-bond acceptors (Lipinski definition) is 3. The molecule has 112 valence electrons. The minimum absolute atomic E-state index is 0.537. The monoisotopic (exact) mass is 276 g/mol. The minimum Gasteiger partial charge on any atom is -0.307 e. The van der Waals surface area contributed by atoms with Crippen LogP contribution in [-0.4, -0.2) is 40.4 Å². The predicted molar refractivity (Wildman–Crippen MR) is 81.8 cm³/mol. The van der Waals surface area contributed by atoms with E-state index in [0.29, 0.717) is 12.1 Å². The van der Waals surface area contributed by atoms with Gasteiger partial charge in [0.2, 0.25) is 0 Å². The second kappa shape index (κ2) is 6.27. The lowest BCUT2D eigenvalue weighted by Crippen LogP contribution is -2.44. The van der Waals surface area contributed by atoms with Gasteiger partial charge in [0, 0.05) is 30.4 Å². The molecule has 0 amide bonds. The molecule has 2 aliphatic rings. The van der Waals surface area contributed by atoms with E-state index in [0.717, 1.165) is 0 Å². The summed E-state index contributed by atoms with van der Waals surface area (Å²) in [6.45, 7) is 6.06. The molecule has 0 bridgehead atoms. The highest BCUT2D eigenvalue weighted by molar-refractivity contribution is 5.24. The molecule has 1 fully saturated rings. The Kier molecular flexibility index (Phi) is 4.41. The summed E-state index contributed by atoms with van der Waals surface area (Å²) in [6, 6.07) is 1.23. The highest BCUT2D eigenvalue weighted by Crippen LogP contribution is 2.30. The molecule has 1 atom stereocenters. The van der Waals surface area contributed by atoms with Crippen molar-refractivity contribution in [2.75, 3.05) is 19.6 Å². The Morgan fingerprint density at radius 3 is 2.85 bits per heavy atom. The number of piperidine rings is 1. The van der Waals surface area contributed by atoms with E-state index in [1.54, 1.807) is 0 Å². The number of fused-ring (bicyclic) bond motifs is 1. The molecule has 0 spiro atoms. The number of nitrogens with zero attached hydrogens (tertiary/aromatic N) is 3. The topological polar surface area (TPSA) is 33.1 Å². The first-order valence-corrected chi connectivity index (χ1v) is 8.27. The summed E-state index contributed by atoms with van der Waals surface area (Å²) < 4.78 is 2.06. The SMILES string of the molecule is CCCN1CCC(NC2CCCc3c2cnn3C)CC1. The molecule has 1 aliphatic heterocycles. The number of rotatable bonds is 4. The first kappa shape index (κ1) is 14.1. The molecule has 1 unspecified atom stereocenters. The highest BCUT2D eigenvalue weighted by Gasteiger charge is 2.27. The second-order valence-electron chi connectivity index (χ2n) is 6.40. The van der Waals surface area contributed by atoms with Crippen molar-refractivity contribution in [2.45, 2.75) is 57.5 Å². The molecule has 20 heavy (non-hydrogen) atoms. The molecular weight excluding hydrogens is 248 g/mol. The Labute approximate surface area is 122 Å². The highest BCUT2D eigenvalue weighted by atomic mass is 15.3. The Bertz CT molecular complexity index is 432. The fourth-order valence-corrected chi connectivity index (χ4v) is 3.80. The molecule has 0 radical (unpaired) electrons. The molecule has 4 nitrogen and oxygen atoms in total. The van der Waals surface area contributed by atoms with E-state index in [-0.39, 0.29) is 0 Å². The molecule has 4 heteroatoms. The summed E-state index contributed by atoms with van der Waals surface area (Å²) in [5.74, 6) is 0. The van der Waals surface area contributed by atoms with Crippen LogP contribution in [-0.2, 0) is 13.5 Å². The van der Waals surface area contributed by atoms with E-state index in [9.17, 15) is 0 Å². The van der Waals surface area contributed by atoms with Crippen LogP contribution in [0, 0.1) is 0 Å². The van der Waals surface area contributed by atoms with Crippen LogP contribution in [0.5, 0.6) is 0 Å². The van der Waals surface area contributed by atoms with E-state index in [2.05, 4.69) is 40.2 Å². The van der Waals surface area contributed by atoms with Gasteiger partial charge in [0.05, 0.1) is 6.20 Å². The summed E-state index contributed by atoms with van der Waals surface area (Å²) >= 11 is 0. The van der Waals surface area contributed by atoms with Crippen LogP contribution in [0.15, 0.2) is 6.20 Å². The molecule has 1 N–H and O–H groups in total. The zero-order valence-electron chi connectivity index (χ0n) is 12.9. The fourth-order valence-electron chi connectivity index (χ4n) is 3.80. The number of likely N-dealkylation sites (tertiary alicyclic amines) is 1. The standard InChI is InChI=1S/C16H28N4/c1-3-9-20-10-7-13(8-11-20)18-15-5-4-6-16-14(15)12-17-19(16)2/h12-13,15,18H,3-11H2,1-2H3. The molecule has 1 aromatic heterocycles. The third-order valence-corrected chi connectivity index (χ3v) is 4.94. The second-order valence-corrected chi connectivity index (χ2v) is 6.40. The molecule has 2 heterocycles. The van der Waals surface area contributed by atoms with E-state index >= 15 is 0 Å². The van der Waals surface area contributed by atoms with Gasteiger partial charge >= 0.3 is 0 Å². The Morgan fingerprint density at radius 2 is 2.10 bits per heavy atom. The van der Waals surface area contributed by atoms with Gasteiger partial charge in [-0.25, -0.2) is 0 Å². The van der Waals surface area contributed by atoms with Crippen LogP contribution in [0.2, 0.25) is 0 Å². The average Bonchev–Trinajstić information content (AvgIpc) is 2.84. The Morgan fingerprint density at radius 1 is 1.30 bits per heavy atom. The van der Waals surface area contributed by atoms with E-state index in [1.165, 1.54) is 69.4 Å². The van der Waals surface area contributed by atoms with Crippen LogP contribution in [0.25, 0.3) is 0 Å². The Hall–Kier alpha value is -0.870. The van der Waals surface area contributed by atoms with E-state index in [1.807, 2.05) is 0 Å². The maximum absolute atomic E-state index is 4.45. The quantitative estimate of drug-likeness (QED) is 0.916. The molecule has 1 saturated heterocycles. The van der Waals surface area contributed by atoms with Gasteiger partial charge in [0.25, 0.3) is 0 Å². The molecule has 1 aliphatic carbocycles. The van der Waals surface area contributed by atoms with Gasteiger partial charge < -0.3 is 10.2 Å². The summed E-state index contributed by atoms with van der Waals surface area (Å²) in [7, 11) is 2.07. The van der Waals surface area contributed by atoms with Crippen molar-refractivity contribution in [3.8, 4) is 0 Å². The molecule has 3 rings (SSSR count). The fraction of sp³-hybridized carbons (Fsp3) is 0.812. The number of nitrogens with one attached hydrogen (secondary N) is 1. The van der Waals surface area contributed by atoms with Gasteiger partial charge in [-0.15, -0.1) is 0 Å². The molecule has 0 saturated carbocycles. The number of aromatic nitrogens is 2. The normalized spacial score (nSPS) is 24.8.